The van der Waals surface area contributed by atoms with Crippen LogP contribution in [0.1, 0.15) is 23.9 Å². The zero-order chi connectivity index (χ0) is 21.3. The Balaban J connectivity index is 1.73. The molecule has 0 radical (unpaired) electrons. The van der Waals surface area contributed by atoms with E-state index in [1.54, 1.807) is 18.2 Å². The Labute approximate surface area is 182 Å². The SMILES string of the molecule is CCOc1cc(/C=C(\Cl)c2nc3scc(-c4ccc(C)cc4)c3c(=O)[nH]2)ccc1O. The number of phenolic OH excluding ortho intramolecular Hbond substituents is 1. The summed E-state index contributed by atoms with van der Waals surface area (Å²) in [4.78, 5) is 20.8. The molecule has 0 saturated heterocycles. The average Bonchev–Trinajstić information content (AvgIpc) is 3.16. The molecule has 152 valence electrons. The zero-order valence-corrected chi connectivity index (χ0v) is 18.0. The fraction of sp³-hybridized carbons (Fsp3) is 0.130. The van der Waals surface area contributed by atoms with Gasteiger partial charge in [0, 0.05) is 10.9 Å². The molecule has 0 fully saturated rings. The molecule has 0 saturated carbocycles. The van der Waals surface area contributed by atoms with E-state index in [2.05, 4.69) is 9.97 Å². The van der Waals surface area contributed by atoms with Gasteiger partial charge in [0.1, 0.15) is 4.83 Å². The van der Waals surface area contributed by atoms with Gasteiger partial charge < -0.3 is 14.8 Å². The number of phenols is 1. The number of nitrogens with zero attached hydrogens (tertiary/aromatic N) is 1. The van der Waals surface area contributed by atoms with Crippen molar-refractivity contribution in [2.45, 2.75) is 13.8 Å². The molecule has 0 unspecified atom stereocenters. The highest BCUT2D eigenvalue weighted by Gasteiger charge is 2.14. The Hall–Kier alpha value is -3.09. The highest BCUT2D eigenvalue weighted by molar-refractivity contribution is 7.17. The van der Waals surface area contributed by atoms with E-state index in [1.165, 1.54) is 17.4 Å². The Morgan fingerprint density at radius 3 is 2.77 bits per heavy atom. The van der Waals surface area contributed by atoms with Crippen molar-refractivity contribution in [2.24, 2.45) is 0 Å². The van der Waals surface area contributed by atoms with Gasteiger partial charge in [-0.05, 0) is 43.2 Å². The third-order valence-corrected chi connectivity index (χ3v) is 5.77. The van der Waals surface area contributed by atoms with Gasteiger partial charge in [0.2, 0.25) is 0 Å². The van der Waals surface area contributed by atoms with Crippen LogP contribution in [-0.4, -0.2) is 21.7 Å². The summed E-state index contributed by atoms with van der Waals surface area (Å²) in [6, 6.07) is 12.9. The van der Waals surface area contributed by atoms with E-state index >= 15 is 0 Å². The van der Waals surface area contributed by atoms with Crippen molar-refractivity contribution in [3.8, 4) is 22.6 Å². The summed E-state index contributed by atoms with van der Waals surface area (Å²) in [5, 5.41) is 12.6. The highest BCUT2D eigenvalue weighted by Crippen LogP contribution is 2.32. The van der Waals surface area contributed by atoms with E-state index in [4.69, 9.17) is 16.3 Å². The van der Waals surface area contributed by atoms with Crippen molar-refractivity contribution in [3.63, 3.8) is 0 Å². The molecule has 4 rings (SSSR count). The minimum Gasteiger partial charge on any atom is -0.504 e. The normalized spacial score (nSPS) is 11.8. The summed E-state index contributed by atoms with van der Waals surface area (Å²) in [5.74, 6) is 0.714. The minimum atomic E-state index is -0.237. The smallest absolute Gasteiger partial charge is 0.260 e. The van der Waals surface area contributed by atoms with Gasteiger partial charge in [-0.1, -0.05) is 47.5 Å². The topological polar surface area (TPSA) is 75.2 Å². The molecule has 7 heteroatoms. The molecule has 0 spiro atoms. The van der Waals surface area contributed by atoms with Crippen molar-refractivity contribution >= 4 is 44.3 Å². The van der Waals surface area contributed by atoms with Crippen LogP contribution >= 0.6 is 22.9 Å². The minimum absolute atomic E-state index is 0.0558. The number of H-pyrrole nitrogens is 1. The number of ether oxygens (including phenoxy) is 1. The van der Waals surface area contributed by atoms with Crippen LogP contribution in [0.25, 0.3) is 32.5 Å². The zero-order valence-electron chi connectivity index (χ0n) is 16.4. The van der Waals surface area contributed by atoms with Crippen LogP contribution in [0, 0.1) is 6.92 Å². The van der Waals surface area contributed by atoms with E-state index in [-0.39, 0.29) is 22.2 Å². The number of nitrogens with one attached hydrogen (secondary N) is 1. The van der Waals surface area contributed by atoms with Gasteiger partial charge >= 0.3 is 0 Å². The number of thiophene rings is 1. The molecule has 30 heavy (non-hydrogen) atoms. The number of aryl methyl sites for hydroxylation is 1. The molecule has 2 aromatic heterocycles. The molecule has 0 amide bonds. The largest absolute Gasteiger partial charge is 0.504 e. The van der Waals surface area contributed by atoms with Crippen LogP contribution in [0.15, 0.2) is 52.6 Å². The maximum atomic E-state index is 12.8. The number of aromatic nitrogens is 2. The number of aromatic hydroxyl groups is 1. The number of fused-ring (bicyclic) bond motifs is 1. The molecule has 2 N–H and O–H groups in total. The van der Waals surface area contributed by atoms with Gasteiger partial charge in [-0.15, -0.1) is 11.3 Å². The lowest BCUT2D eigenvalue weighted by Gasteiger charge is -2.07. The molecule has 0 aliphatic rings. The number of benzene rings is 2. The number of hydrogen-bond acceptors (Lipinski definition) is 5. The summed E-state index contributed by atoms with van der Waals surface area (Å²) in [5.41, 5.74) is 3.47. The highest BCUT2D eigenvalue weighted by atomic mass is 35.5. The monoisotopic (exact) mass is 438 g/mol. The second-order valence-corrected chi connectivity index (χ2v) is 8.03. The fourth-order valence-corrected chi connectivity index (χ4v) is 4.28. The first-order valence-corrected chi connectivity index (χ1v) is 10.6. The molecule has 0 aliphatic carbocycles. The third kappa shape index (κ3) is 3.97. The molecular formula is C23H19ClN2O3S. The van der Waals surface area contributed by atoms with Crippen LogP contribution in [0.2, 0.25) is 0 Å². The van der Waals surface area contributed by atoms with Crippen molar-refractivity contribution in [3.05, 3.63) is 75.1 Å². The maximum absolute atomic E-state index is 12.8. The molecule has 0 aliphatic heterocycles. The van der Waals surface area contributed by atoms with E-state index in [9.17, 15) is 9.90 Å². The van der Waals surface area contributed by atoms with E-state index in [0.29, 0.717) is 22.6 Å². The summed E-state index contributed by atoms with van der Waals surface area (Å²) in [6.07, 6.45) is 1.67. The van der Waals surface area contributed by atoms with Crippen LogP contribution in [0.4, 0.5) is 0 Å². The van der Waals surface area contributed by atoms with Crippen molar-refractivity contribution in [1.82, 2.24) is 9.97 Å². The van der Waals surface area contributed by atoms with E-state index in [0.717, 1.165) is 22.3 Å². The van der Waals surface area contributed by atoms with Gasteiger partial charge in [-0.3, -0.25) is 4.79 Å². The number of hydrogen-bond donors (Lipinski definition) is 2. The average molecular weight is 439 g/mol. The molecule has 0 bridgehead atoms. The first-order chi connectivity index (χ1) is 14.5. The van der Waals surface area contributed by atoms with Crippen molar-refractivity contribution in [1.29, 1.82) is 0 Å². The Morgan fingerprint density at radius 2 is 2.03 bits per heavy atom. The van der Waals surface area contributed by atoms with Crippen molar-refractivity contribution < 1.29 is 9.84 Å². The Kier molecular flexibility index (Phi) is 5.61. The van der Waals surface area contributed by atoms with Crippen LogP contribution in [-0.2, 0) is 0 Å². The Bertz CT molecular complexity index is 1310. The van der Waals surface area contributed by atoms with Crippen LogP contribution < -0.4 is 10.3 Å². The Morgan fingerprint density at radius 1 is 1.27 bits per heavy atom. The lowest BCUT2D eigenvalue weighted by molar-refractivity contribution is 0.318. The van der Waals surface area contributed by atoms with Crippen LogP contribution in [0.5, 0.6) is 11.5 Å². The van der Waals surface area contributed by atoms with E-state index < -0.39 is 0 Å². The molecule has 4 aromatic rings. The molecule has 5 nitrogen and oxygen atoms in total. The molecular weight excluding hydrogens is 420 g/mol. The summed E-state index contributed by atoms with van der Waals surface area (Å²) in [7, 11) is 0. The van der Waals surface area contributed by atoms with Crippen molar-refractivity contribution in [2.75, 3.05) is 6.61 Å². The summed E-state index contributed by atoms with van der Waals surface area (Å²) in [6.45, 7) is 4.29. The lowest BCUT2D eigenvalue weighted by atomic mass is 10.1. The van der Waals surface area contributed by atoms with Gasteiger partial charge in [-0.25, -0.2) is 4.98 Å². The summed E-state index contributed by atoms with van der Waals surface area (Å²) < 4.78 is 5.40. The number of halogens is 1. The first-order valence-electron chi connectivity index (χ1n) is 9.38. The fourth-order valence-electron chi connectivity index (χ4n) is 3.11. The molecule has 0 atom stereocenters. The maximum Gasteiger partial charge on any atom is 0.260 e. The van der Waals surface area contributed by atoms with Gasteiger partial charge in [0.25, 0.3) is 5.56 Å². The predicted octanol–water partition coefficient (Wildman–Crippen LogP) is 5.80. The van der Waals surface area contributed by atoms with Gasteiger partial charge in [0.05, 0.1) is 17.0 Å². The first kappa shape index (κ1) is 20.2. The van der Waals surface area contributed by atoms with Crippen LogP contribution in [0.3, 0.4) is 0 Å². The van der Waals surface area contributed by atoms with Gasteiger partial charge in [-0.2, -0.15) is 0 Å². The van der Waals surface area contributed by atoms with Gasteiger partial charge in [0.15, 0.2) is 17.3 Å². The van der Waals surface area contributed by atoms with E-state index in [1.807, 2.05) is 43.5 Å². The number of aromatic amines is 1. The second-order valence-electron chi connectivity index (χ2n) is 6.76. The third-order valence-electron chi connectivity index (χ3n) is 4.61. The quantitative estimate of drug-likeness (QED) is 0.412. The second kappa shape index (κ2) is 8.34. The summed E-state index contributed by atoms with van der Waals surface area (Å²) >= 11 is 7.86. The standard InChI is InChI=1S/C23H19ClN2O3S/c1-3-29-19-11-14(6-9-18(19)27)10-17(24)21-25-22(28)20-16(12-30-23(20)26-21)15-7-4-13(2)5-8-15/h4-12,27H,3H2,1-2H3,(H,25,26,28)/b17-10-. The molecule has 2 heterocycles. The predicted molar refractivity (Wildman–Crippen MR) is 123 cm³/mol. The lowest BCUT2D eigenvalue weighted by Crippen LogP contribution is -2.10. The number of rotatable bonds is 5. The molecule has 2 aromatic carbocycles.